The van der Waals surface area contributed by atoms with Crippen molar-refractivity contribution in [2.75, 3.05) is 7.05 Å². The van der Waals surface area contributed by atoms with Crippen LogP contribution in [0.3, 0.4) is 0 Å². The Balaban J connectivity index is 2.50. The molecular weight excluding hydrogens is 260 g/mol. The first kappa shape index (κ1) is 13.9. The van der Waals surface area contributed by atoms with Crippen molar-refractivity contribution < 1.29 is 9.90 Å². The quantitative estimate of drug-likeness (QED) is 0.665. The fourth-order valence-electron chi connectivity index (χ4n) is 1.88. The maximum absolute atomic E-state index is 11.6. The molecule has 0 amide bonds. The van der Waals surface area contributed by atoms with Gasteiger partial charge in [0, 0.05) is 12.5 Å². The lowest BCUT2D eigenvalue weighted by atomic mass is 10.1. The topological polar surface area (TPSA) is 62.2 Å². The fourth-order valence-corrected chi connectivity index (χ4v) is 2.72. The third kappa shape index (κ3) is 2.89. The van der Waals surface area contributed by atoms with Crippen molar-refractivity contribution in [3.63, 3.8) is 0 Å². The second-order valence-corrected chi connectivity index (χ2v) is 5.49. The van der Waals surface area contributed by atoms with E-state index in [2.05, 4.69) is 10.3 Å². The van der Waals surface area contributed by atoms with Gasteiger partial charge in [-0.25, -0.2) is 4.98 Å². The Labute approximate surface area is 116 Å². The molecule has 0 aliphatic rings. The number of hydrogen-bond donors (Lipinski definition) is 2. The molecule has 1 aromatic heterocycles. The van der Waals surface area contributed by atoms with Gasteiger partial charge in [-0.1, -0.05) is 18.2 Å². The van der Waals surface area contributed by atoms with E-state index in [1.807, 2.05) is 31.2 Å². The normalized spacial score (nSPS) is 12.4. The molecular formula is C14H16N2O2S. The number of benzene rings is 1. The predicted molar refractivity (Wildman–Crippen MR) is 76.3 cm³/mol. The zero-order chi connectivity index (χ0) is 14.0. The zero-order valence-electron chi connectivity index (χ0n) is 11.1. The van der Waals surface area contributed by atoms with Crippen LogP contribution in [0, 0.1) is 6.92 Å². The first-order valence-corrected chi connectivity index (χ1v) is 6.78. The Morgan fingerprint density at radius 3 is 2.84 bits per heavy atom. The Kier molecular flexibility index (Phi) is 4.09. The van der Waals surface area contributed by atoms with Crippen LogP contribution in [0.1, 0.15) is 33.4 Å². The lowest BCUT2D eigenvalue weighted by Crippen LogP contribution is -2.15. The minimum atomic E-state index is -0.722. The van der Waals surface area contributed by atoms with Gasteiger partial charge in [0.25, 0.3) is 0 Å². The maximum atomic E-state index is 11.6. The van der Waals surface area contributed by atoms with E-state index in [0.29, 0.717) is 10.6 Å². The number of rotatable bonds is 4. The molecule has 0 radical (unpaired) electrons. The van der Waals surface area contributed by atoms with Crippen molar-refractivity contribution in [2.45, 2.75) is 20.1 Å². The molecule has 0 bridgehead atoms. The summed E-state index contributed by atoms with van der Waals surface area (Å²) in [7, 11) is 1.69. The van der Waals surface area contributed by atoms with Gasteiger partial charge in [0.05, 0.1) is 15.6 Å². The van der Waals surface area contributed by atoms with E-state index >= 15 is 0 Å². The molecule has 1 unspecified atom stereocenters. The molecule has 100 valence electrons. The third-order valence-corrected chi connectivity index (χ3v) is 3.87. The van der Waals surface area contributed by atoms with Crippen molar-refractivity contribution in [2.24, 2.45) is 0 Å². The Morgan fingerprint density at radius 2 is 2.21 bits per heavy atom. The van der Waals surface area contributed by atoms with Crippen LogP contribution in [0.5, 0.6) is 0 Å². The fraction of sp³-hybridized carbons (Fsp3) is 0.286. The van der Waals surface area contributed by atoms with Crippen LogP contribution in [-0.2, 0) is 0 Å². The van der Waals surface area contributed by atoms with Gasteiger partial charge in [0.2, 0.25) is 0 Å². The number of aromatic nitrogens is 1. The smallest absolute Gasteiger partial charge is 0.172 e. The lowest BCUT2D eigenvalue weighted by molar-refractivity contribution is 0.102. The van der Waals surface area contributed by atoms with Crippen molar-refractivity contribution >= 4 is 17.1 Å². The number of Topliss-reactive ketones (excluding diaryl/α,β-unsaturated/α-hetero) is 1. The Morgan fingerprint density at radius 1 is 1.47 bits per heavy atom. The highest BCUT2D eigenvalue weighted by molar-refractivity contribution is 7.14. The molecule has 2 rings (SSSR count). The Bertz CT molecular complexity index is 607. The van der Waals surface area contributed by atoms with E-state index in [1.165, 1.54) is 11.3 Å². The summed E-state index contributed by atoms with van der Waals surface area (Å²) in [5, 5.41) is 13.4. The summed E-state index contributed by atoms with van der Waals surface area (Å²) >= 11 is 1.40. The molecule has 2 aromatic rings. The maximum Gasteiger partial charge on any atom is 0.172 e. The van der Waals surface area contributed by atoms with Gasteiger partial charge in [-0.15, -0.1) is 11.3 Å². The van der Waals surface area contributed by atoms with E-state index in [-0.39, 0.29) is 5.78 Å². The molecule has 2 N–H and O–H groups in total. The second-order valence-electron chi connectivity index (χ2n) is 4.28. The highest BCUT2D eigenvalue weighted by Crippen LogP contribution is 2.29. The van der Waals surface area contributed by atoms with Gasteiger partial charge >= 0.3 is 0 Å². The molecule has 0 aliphatic carbocycles. The van der Waals surface area contributed by atoms with E-state index in [1.54, 1.807) is 14.0 Å². The highest BCUT2D eigenvalue weighted by atomic mass is 32.1. The minimum absolute atomic E-state index is 0.0140. The van der Waals surface area contributed by atoms with Crippen LogP contribution in [0.15, 0.2) is 24.3 Å². The number of aryl methyl sites for hydroxylation is 1. The standard InChI is InChI=1S/C14H16N2O2S/c1-8(17)13-12(16-9(2)19-13)10-5-4-6-11(7-10)14(18)15-3/h4-7,14-15,18H,1-3H3. The number of aliphatic hydroxyl groups excluding tert-OH is 1. The molecule has 4 nitrogen and oxygen atoms in total. The largest absolute Gasteiger partial charge is 0.374 e. The summed E-state index contributed by atoms with van der Waals surface area (Å²) in [5.41, 5.74) is 2.29. The molecule has 0 aliphatic heterocycles. The van der Waals surface area contributed by atoms with E-state index in [0.717, 1.165) is 16.1 Å². The number of ketones is 1. The van der Waals surface area contributed by atoms with Crippen LogP contribution in [-0.4, -0.2) is 22.9 Å². The third-order valence-electron chi connectivity index (χ3n) is 2.80. The summed E-state index contributed by atoms with van der Waals surface area (Å²) in [4.78, 5) is 16.7. The summed E-state index contributed by atoms with van der Waals surface area (Å²) in [6, 6.07) is 7.43. The van der Waals surface area contributed by atoms with Crippen molar-refractivity contribution in [3.05, 3.63) is 39.7 Å². The van der Waals surface area contributed by atoms with Gasteiger partial charge in [-0.05, 0) is 25.6 Å². The monoisotopic (exact) mass is 276 g/mol. The summed E-state index contributed by atoms with van der Waals surface area (Å²) < 4.78 is 0. The van der Waals surface area contributed by atoms with Gasteiger partial charge in [0.15, 0.2) is 5.78 Å². The SMILES string of the molecule is CNC(O)c1cccc(-c2nc(C)sc2C(C)=O)c1. The highest BCUT2D eigenvalue weighted by Gasteiger charge is 2.16. The van der Waals surface area contributed by atoms with Gasteiger partial charge < -0.3 is 5.11 Å². The van der Waals surface area contributed by atoms with Gasteiger partial charge in [-0.3, -0.25) is 10.1 Å². The van der Waals surface area contributed by atoms with Crippen molar-refractivity contribution in [1.82, 2.24) is 10.3 Å². The number of hydrogen-bond acceptors (Lipinski definition) is 5. The van der Waals surface area contributed by atoms with Gasteiger partial charge in [0.1, 0.15) is 6.23 Å². The number of aliphatic hydroxyl groups is 1. The number of carbonyl (C=O) groups is 1. The lowest BCUT2D eigenvalue weighted by Gasteiger charge is -2.10. The summed E-state index contributed by atoms with van der Waals surface area (Å²) in [6.45, 7) is 3.43. The zero-order valence-corrected chi connectivity index (χ0v) is 11.9. The molecule has 19 heavy (non-hydrogen) atoms. The number of nitrogens with one attached hydrogen (secondary N) is 1. The Hall–Kier alpha value is -1.56. The van der Waals surface area contributed by atoms with E-state index in [9.17, 15) is 9.90 Å². The van der Waals surface area contributed by atoms with Crippen LogP contribution in [0.2, 0.25) is 0 Å². The number of thiazole rings is 1. The van der Waals surface area contributed by atoms with Crippen LogP contribution < -0.4 is 5.32 Å². The summed E-state index contributed by atoms with van der Waals surface area (Å²) in [6.07, 6.45) is -0.722. The molecule has 1 atom stereocenters. The van der Waals surface area contributed by atoms with Crippen LogP contribution in [0.4, 0.5) is 0 Å². The number of carbonyl (C=O) groups excluding carboxylic acids is 1. The first-order valence-electron chi connectivity index (χ1n) is 5.97. The van der Waals surface area contributed by atoms with Crippen molar-refractivity contribution in [1.29, 1.82) is 0 Å². The number of nitrogens with zero attached hydrogens (tertiary/aromatic N) is 1. The van der Waals surface area contributed by atoms with Crippen molar-refractivity contribution in [3.8, 4) is 11.3 Å². The average molecular weight is 276 g/mol. The van der Waals surface area contributed by atoms with Gasteiger partial charge in [-0.2, -0.15) is 0 Å². The second kappa shape index (κ2) is 5.61. The van der Waals surface area contributed by atoms with E-state index < -0.39 is 6.23 Å². The van der Waals surface area contributed by atoms with Crippen LogP contribution >= 0.6 is 11.3 Å². The molecule has 1 heterocycles. The molecule has 0 fully saturated rings. The van der Waals surface area contributed by atoms with Crippen LogP contribution in [0.25, 0.3) is 11.3 Å². The molecule has 0 saturated carbocycles. The molecule has 0 saturated heterocycles. The summed E-state index contributed by atoms with van der Waals surface area (Å²) in [5.74, 6) is 0.0140. The van der Waals surface area contributed by atoms with E-state index in [4.69, 9.17) is 0 Å². The average Bonchev–Trinajstić information content (AvgIpc) is 2.80. The first-order chi connectivity index (χ1) is 9.02. The molecule has 5 heteroatoms. The molecule has 0 spiro atoms. The predicted octanol–water partition coefficient (Wildman–Crippen LogP) is 2.53. The minimum Gasteiger partial charge on any atom is -0.374 e. The molecule has 1 aromatic carbocycles.